The molecule has 0 saturated heterocycles. The Balaban J connectivity index is 0.000000115. The summed E-state index contributed by atoms with van der Waals surface area (Å²) in [6.45, 7) is 0. The van der Waals surface area contributed by atoms with Gasteiger partial charge in [-0.3, -0.25) is 34.5 Å². The first-order valence-corrected chi connectivity index (χ1v) is 44.2. The van der Waals surface area contributed by atoms with Crippen molar-refractivity contribution in [2.75, 3.05) is 0 Å². The first-order chi connectivity index (χ1) is 65.0. The minimum atomic E-state index is 0.860. The number of imidazole rings is 1. The zero-order chi connectivity index (χ0) is 86.9. The summed E-state index contributed by atoms with van der Waals surface area (Å²) >= 11 is 0. The average molecular weight is 1670 g/mol. The molecule has 0 amide bonds. The van der Waals surface area contributed by atoms with Crippen LogP contribution in [0.2, 0.25) is 0 Å². The number of pyridine rings is 6. The van der Waals surface area contributed by atoms with E-state index >= 15 is 0 Å². The quantitative estimate of drug-likeness (QED) is 0.106. The summed E-state index contributed by atoms with van der Waals surface area (Å²) in [7, 11) is 0. The Kier molecular flexibility index (Phi) is 20.5. The standard InChI is InChI=1S/C53H34N2.C36H24N2.C34H22N4/c1-2-16-44(17-3-1)55-50-21-11-10-20-49(50)54-53(55)38-26-22-37(23-27-38)41-30-31-47-48(34-41)52(43-29-25-36-13-5-7-15-40(36)33-43)46-19-9-8-18-45(46)51(47)42-28-24-35-12-4-6-14-39(35)32-42;1-2-12-32-31(11-1)35(29-9-5-7-27(23-29)25-15-19-37-20-16-25)33-13-3-4-14-34(33)36(32)30-10-6-8-28(24-30)26-17-21-38-22-18-26;1-2-10-26-25(9-1)33(23-15-17-31(37-21-23)29-13-5-7-19-35-29)27-11-3-4-12-28(27)34(26)24-16-18-32(38-22-24)30-14-6-8-20-36-30/h1-34H;1-24H;1-22H. The summed E-state index contributed by atoms with van der Waals surface area (Å²) in [5.41, 5.74) is 29.2. The van der Waals surface area contributed by atoms with E-state index in [-0.39, 0.29) is 0 Å². The Labute approximate surface area is 757 Å². The van der Waals surface area contributed by atoms with Crippen LogP contribution in [0.5, 0.6) is 0 Å². The summed E-state index contributed by atoms with van der Waals surface area (Å²) in [4.78, 5) is 32.0. The van der Waals surface area contributed by atoms with Crippen LogP contribution >= 0.6 is 0 Å². The number of benzene rings is 18. The van der Waals surface area contributed by atoms with E-state index in [2.05, 4.69) is 425 Å². The molecule has 25 aromatic rings. The van der Waals surface area contributed by atoms with Gasteiger partial charge in [0, 0.05) is 72.0 Å². The monoisotopic (exact) mass is 1670 g/mol. The van der Waals surface area contributed by atoms with Crippen LogP contribution in [0.3, 0.4) is 0 Å². The zero-order valence-corrected chi connectivity index (χ0v) is 71.3. The Morgan fingerprint density at radius 3 is 0.916 bits per heavy atom. The van der Waals surface area contributed by atoms with E-state index in [9.17, 15) is 0 Å². The van der Waals surface area contributed by atoms with Gasteiger partial charge in [-0.25, -0.2) is 4.98 Å². The van der Waals surface area contributed by atoms with Gasteiger partial charge in [0.05, 0.1) is 33.8 Å². The molecule has 7 aromatic heterocycles. The number of para-hydroxylation sites is 3. The predicted octanol–water partition coefficient (Wildman–Crippen LogP) is 32.0. The third-order valence-electron chi connectivity index (χ3n) is 25.3. The van der Waals surface area contributed by atoms with E-state index in [0.29, 0.717) is 0 Å². The van der Waals surface area contributed by atoms with Crippen LogP contribution in [0.4, 0.5) is 0 Å². The molecule has 18 aromatic carbocycles. The average Bonchev–Trinajstić information content (AvgIpc) is 1.72. The fourth-order valence-corrected chi connectivity index (χ4v) is 19.3. The molecule has 0 unspecified atom stereocenters. The number of hydrogen-bond donors (Lipinski definition) is 0. The van der Waals surface area contributed by atoms with Gasteiger partial charge in [-0.1, -0.05) is 322 Å². The molecular formula is C123H80N8. The predicted molar refractivity (Wildman–Crippen MR) is 546 cm³/mol. The number of rotatable bonds is 13. The van der Waals surface area contributed by atoms with Crippen LogP contribution < -0.4 is 0 Å². The normalized spacial score (nSPS) is 11.4. The van der Waals surface area contributed by atoms with E-state index in [1.54, 1.807) is 12.4 Å². The van der Waals surface area contributed by atoms with Crippen molar-refractivity contribution < 1.29 is 0 Å². The van der Waals surface area contributed by atoms with E-state index in [1.807, 2.05) is 73.6 Å². The van der Waals surface area contributed by atoms with Crippen molar-refractivity contribution in [1.29, 1.82) is 0 Å². The third-order valence-corrected chi connectivity index (χ3v) is 25.3. The lowest BCUT2D eigenvalue weighted by Crippen LogP contribution is -1.97. The maximum absolute atomic E-state index is 5.12. The highest BCUT2D eigenvalue weighted by Gasteiger charge is 2.24. The maximum atomic E-state index is 5.12. The van der Waals surface area contributed by atoms with Crippen LogP contribution in [0.25, 0.3) is 237 Å². The minimum absolute atomic E-state index is 0.860. The van der Waals surface area contributed by atoms with Gasteiger partial charge in [-0.15, -0.1) is 0 Å². The lowest BCUT2D eigenvalue weighted by atomic mass is 9.84. The largest absolute Gasteiger partial charge is 0.292 e. The Morgan fingerprint density at radius 1 is 0.168 bits per heavy atom. The van der Waals surface area contributed by atoms with Gasteiger partial charge in [-0.2, -0.15) is 0 Å². The van der Waals surface area contributed by atoms with Gasteiger partial charge in [0.25, 0.3) is 0 Å². The van der Waals surface area contributed by atoms with E-state index in [0.717, 1.165) is 67.6 Å². The molecule has 25 rings (SSSR count). The lowest BCUT2D eigenvalue weighted by molar-refractivity contribution is 1.10. The molecule has 612 valence electrons. The number of aromatic nitrogens is 8. The molecule has 0 bridgehead atoms. The second kappa shape index (κ2) is 34.4. The molecule has 0 radical (unpaired) electrons. The van der Waals surface area contributed by atoms with Crippen molar-refractivity contribution in [2.45, 2.75) is 0 Å². The molecule has 0 aliphatic rings. The molecule has 7 heterocycles. The van der Waals surface area contributed by atoms with Crippen LogP contribution in [0.15, 0.2) is 486 Å². The molecule has 0 N–H and O–H groups in total. The third kappa shape index (κ3) is 14.9. The van der Waals surface area contributed by atoms with E-state index in [4.69, 9.17) is 15.0 Å². The molecule has 131 heavy (non-hydrogen) atoms. The summed E-state index contributed by atoms with van der Waals surface area (Å²) in [6, 6.07) is 156. The highest BCUT2D eigenvalue weighted by molar-refractivity contribution is 6.25. The lowest BCUT2D eigenvalue weighted by Gasteiger charge is -2.19. The van der Waals surface area contributed by atoms with Crippen molar-refractivity contribution in [2.24, 2.45) is 0 Å². The molecule has 8 heteroatoms. The van der Waals surface area contributed by atoms with Gasteiger partial charge in [0.15, 0.2) is 0 Å². The number of hydrogen-bond acceptors (Lipinski definition) is 7. The van der Waals surface area contributed by atoms with Crippen molar-refractivity contribution in [3.63, 3.8) is 0 Å². The molecule has 0 saturated carbocycles. The Hall–Kier alpha value is -17.6. The zero-order valence-electron chi connectivity index (χ0n) is 71.3. The maximum Gasteiger partial charge on any atom is 0.145 e. The van der Waals surface area contributed by atoms with Crippen LogP contribution in [0, 0.1) is 0 Å². The summed E-state index contributed by atoms with van der Waals surface area (Å²) in [6.07, 6.45) is 14.9. The molecular weight excluding hydrogens is 1590 g/mol. The summed E-state index contributed by atoms with van der Waals surface area (Å²) in [5, 5.41) is 19.7. The van der Waals surface area contributed by atoms with Crippen molar-refractivity contribution >= 4 is 97.2 Å². The first-order valence-electron chi connectivity index (χ1n) is 44.2. The highest BCUT2D eigenvalue weighted by Crippen LogP contribution is 2.50. The van der Waals surface area contributed by atoms with E-state index in [1.165, 1.54) is 170 Å². The molecule has 8 nitrogen and oxygen atoms in total. The Morgan fingerprint density at radius 2 is 0.489 bits per heavy atom. The first kappa shape index (κ1) is 78.2. The van der Waals surface area contributed by atoms with Gasteiger partial charge in [-0.05, 0) is 290 Å². The topological polar surface area (TPSA) is 95.2 Å². The van der Waals surface area contributed by atoms with Crippen molar-refractivity contribution in [1.82, 2.24) is 39.5 Å². The summed E-state index contributed by atoms with van der Waals surface area (Å²) < 4.78 is 2.26. The smallest absolute Gasteiger partial charge is 0.145 e. The molecule has 0 fully saturated rings. The van der Waals surface area contributed by atoms with Gasteiger partial charge >= 0.3 is 0 Å². The minimum Gasteiger partial charge on any atom is -0.292 e. The van der Waals surface area contributed by atoms with Gasteiger partial charge in [0.1, 0.15) is 5.82 Å². The SMILES string of the molecule is c1cc(-c2ccncc2)cc(-c2c3ccccc3c(-c3cccc(-c4ccncc4)c3)c3ccccc23)c1.c1ccc(-c2ccc(-c3c4ccccc4c(-c4ccc(-c5ccccn5)nc4)c4ccccc34)cn2)nc1.c1ccc(-n2c(-c3ccc(-c4ccc5c(-c6ccc7ccccc7c6)c6ccccc6c(-c6ccc7ccccc7c6)c5c4)cc3)nc3ccccc32)cc1. The molecule has 0 aliphatic carbocycles. The fourth-order valence-electron chi connectivity index (χ4n) is 19.3. The molecule has 0 aliphatic heterocycles. The molecule has 0 spiro atoms. The van der Waals surface area contributed by atoms with Crippen LogP contribution in [-0.4, -0.2) is 39.5 Å². The fraction of sp³-hybridized carbons (Fsp3) is 0. The van der Waals surface area contributed by atoms with Crippen LogP contribution in [0.1, 0.15) is 0 Å². The number of nitrogens with zero attached hydrogens (tertiary/aromatic N) is 8. The van der Waals surface area contributed by atoms with Gasteiger partial charge in [0.2, 0.25) is 0 Å². The van der Waals surface area contributed by atoms with Crippen molar-refractivity contribution in [3.8, 4) is 140 Å². The van der Waals surface area contributed by atoms with Crippen molar-refractivity contribution in [3.05, 3.63) is 486 Å². The number of fused-ring (bicyclic) bond motifs is 9. The molecule has 0 atom stereocenters. The van der Waals surface area contributed by atoms with Gasteiger partial charge < -0.3 is 0 Å². The van der Waals surface area contributed by atoms with Crippen LogP contribution in [-0.2, 0) is 0 Å². The second-order valence-electron chi connectivity index (χ2n) is 33.0. The van der Waals surface area contributed by atoms with E-state index < -0.39 is 0 Å². The highest BCUT2D eigenvalue weighted by atomic mass is 15.1. The second-order valence-corrected chi connectivity index (χ2v) is 33.0. The summed E-state index contributed by atoms with van der Waals surface area (Å²) in [5.74, 6) is 0.933. The Bertz CT molecular complexity index is 8210.